The Bertz CT molecular complexity index is 1550. The van der Waals surface area contributed by atoms with Gasteiger partial charge in [0, 0.05) is 157 Å². The zero-order valence-corrected chi connectivity index (χ0v) is 88.8. The first kappa shape index (κ1) is 322. The fraction of sp³-hybridized carbons (Fsp3) is 1.00. The second-order valence-corrected chi connectivity index (χ2v) is 31.1. The van der Waals surface area contributed by atoms with E-state index in [0.29, 0.717) is 157 Å². The molecule has 822 valence electrons. The van der Waals surface area contributed by atoms with Gasteiger partial charge in [0.05, 0.1) is 0 Å². The largest absolute Gasteiger partial charge is 3.00 e. The second kappa shape index (κ2) is 203. The van der Waals surface area contributed by atoms with Gasteiger partial charge in [-0.05, 0) is 88.5 Å². The van der Waals surface area contributed by atoms with Crippen LogP contribution in [0.5, 0.6) is 0 Å². The van der Waals surface area contributed by atoms with Gasteiger partial charge in [-0.15, -0.1) is 0 Å². The molecule has 2 radical (unpaired) electrons. The minimum atomic E-state index is -5.82. The average molecular weight is 2710 g/mol. The number of nitrogens with two attached hydrogens (primary N) is 24. The standard InChI is InChI=1S/12C2H8N2.4C2H8O7P2.6ClH.4Co.18H2O.4Ru/c12*3-1-2-4;4*1-2(3,10(4,5)6)11(7,8)9;;;;;;;;;;;;;;;;;;;;;;;;;;;;;;;;/h12*1-4H2;4*3H,1H3,(H2,4,5,6)(H2,7,8,9);6*1H;;;;;18*1H2;;;;/q;;;;;;;;;;;;;;;;;;;;;;4*+3;;;;;;;;;;;;;;;;;;;2*+2;2*+3/p-22. The van der Waals surface area contributed by atoms with Crippen molar-refractivity contribution in [2.75, 3.05) is 157 Å². The molecule has 0 aromatic carbocycles. The summed E-state index contributed by atoms with van der Waals surface area (Å²) < 4.78 is 79.6. The van der Waals surface area contributed by atoms with Gasteiger partial charge < -0.3 is 446 Å². The van der Waals surface area contributed by atoms with Gasteiger partial charge in [-0.2, -0.15) is 0 Å². The van der Waals surface area contributed by atoms with Crippen LogP contribution < -0.4 is 290 Å². The topological polar surface area (TPSA) is 1780 Å². The van der Waals surface area contributed by atoms with Gasteiger partial charge in [-0.25, -0.2) is 0 Å². The molecule has 0 saturated heterocycles. The zero-order chi connectivity index (χ0) is 79.0. The summed E-state index contributed by atoms with van der Waals surface area (Å²) in [5.41, 5.74) is 118. The van der Waals surface area contributed by atoms with Crippen molar-refractivity contribution in [2.45, 2.75) is 48.0 Å². The van der Waals surface area contributed by atoms with E-state index >= 15 is 0 Å². The van der Waals surface area contributed by atoms with E-state index in [2.05, 4.69) is 0 Å². The van der Waals surface area contributed by atoms with Crippen molar-refractivity contribution in [3.8, 4) is 0 Å². The number of halogens is 6. The minimum Gasteiger partial charge on any atom is -1.00 e. The Morgan fingerprint density at radius 3 is 0.194 bits per heavy atom. The molecule has 0 aromatic rings. The number of hydrogen-bond acceptors (Lipinski definition) is 52. The molecule has 0 heterocycles. The molecule has 0 saturated carbocycles. The first-order valence-corrected chi connectivity index (χ1v) is 37.2. The summed E-state index contributed by atoms with van der Waals surface area (Å²) in [5.74, 6) is 0. The van der Waals surface area contributed by atoms with Crippen molar-refractivity contribution < 1.29 is 453 Å². The van der Waals surface area contributed by atoms with Crippen LogP contribution in [0.1, 0.15) is 27.7 Å². The molecule has 88 N–H and O–H groups in total. The third-order valence-corrected chi connectivity index (χ3v) is 20.3. The third-order valence-electron chi connectivity index (χ3n) is 6.15. The molecule has 0 aliphatic heterocycles. The number of rotatable bonds is 20. The first-order valence-electron chi connectivity index (χ1n) is 24.9. The number of hydrogen-bond donors (Lipinski definition) is 28. The molecular weight excluding hydrogens is 2560 g/mol. The summed E-state index contributed by atoms with van der Waals surface area (Å²) in [5, 5.41) is 18.7. The fourth-order valence-electron chi connectivity index (χ4n) is 0.600. The fourth-order valence-corrected chi connectivity index (χ4v) is 5.40. The van der Waals surface area contributed by atoms with Crippen molar-refractivity contribution in [1.82, 2.24) is 0 Å². The smallest absolute Gasteiger partial charge is 1.00 e. The summed E-state index contributed by atoms with van der Waals surface area (Å²) in [6, 6.07) is 0. The van der Waals surface area contributed by atoms with Crippen LogP contribution in [-0.4, -0.2) is 296 Å². The molecule has 70 nitrogen and oxygen atoms in total. The van der Waals surface area contributed by atoms with Crippen LogP contribution in [0.25, 0.3) is 0 Å². The monoisotopic (exact) mass is 2710 g/mol. The molecule has 0 atom stereocenters. The quantitative estimate of drug-likeness (QED) is 0.0398. The van der Waals surface area contributed by atoms with E-state index in [1.165, 1.54) is 0 Å². The maximum atomic E-state index is 9.95. The molecule has 92 heteroatoms. The van der Waals surface area contributed by atoms with Gasteiger partial charge in [-0.3, -0.25) is 0 Å². The van der Waals surface area contributed by atoms with E-state index in [4.69, 9.17) is 158 Å². The molecule has 0 fully saturated rings. The predicted octanol–water partition coefficient (Wildman–Crippen LogP) is -60.1. The van der Waals surface area contributed by atoms with Crippen LogP contribution in [0, 0.1) is 0 Å². The van der Waals surface area contributed by atoms with Crippen molar-refractivity contribution in [2.24, 2.45) is 138 Å². The van der Waals surface area contributed by atoms with Crippen LogP contribution in [0.2, 0.25) is 0 Å². The Morgan fingerprint density at radius 1 is 0.169 bits per heavy atom. The van der Waals surface area contributed by atoms with Gasteiger partial charge in [0.1, 0.15) is 20.3 Å². The van der Waals surface area contributed by atoms with Crippen LogP contribution in [0.15, 0.2) is 0 Å². The van der Waals surface area contributed by atoms with Crippen molar-refractivity contribution in [3.05, 3.63) is 0 Å². The van der Waals surface area contributed by atoms with Crippen LogP contribution >= 0.6 is 60.8 Å². The molecular formula is C32H148Cl6Co4N24O46P8Ru4. The molecule has 0 rings (SSSR count). The van der Waals surface area contributed by atoms with E-state index in [1.54, 1.807) is 0 Å². The first-order chi connectivity index (χ1) is 41.0. The van der Waals surface area contributed by atoms with Gasteiger partial charge >= 0.3 is 145 Å². The Kier molecular flexibility index (Phi) is 527. The summed E-state index contributed by atoms with van der Waals surface area (Å²) in [6.07, 6.45) is 0. The van der Waals surface area contributed by atoms with Crippen molar-refractivity contribution in [1.29, 1.82) is 0 Å². The molecule has 0 bridgehead atoms. The summed E-state index contributed by atoms with van der Waals surface area (Å²) in [7, 11) is -46.6. The van der Waals surface area contributed by atoms with E-state index in [-0.39, 0.29) is 346 Å². The van der Waals surface area contributed by atoms with Gasteiger partial charge in [-0.1, -0.05) is 0 Å². The van der Waals surface area contributed by atoms with Crippen molar-refractivity contribution >= 4 is 60.8 Å². The van der Waals surface area contributed by atoms with E-state index in [0.717, 1.165) is 0 Å². The summed E-state index contributed by atoms with van der Waals surface area (Å²) >= 11 is 0. The SMILES string of the molecule is CC(O)(P(=O)([O-])[O-])P(=O)([O-])[O-].CC(O)(P(=O)([O-])[O-])P(=O)([O-])[O-].CC(O)(P(=O)([O-])[O-])P(=O)([O-])[O-].CC(O)(P(=O)([O-])[O-])P(=O)([O-])[O-].NCCN.NCCN.NCCN.NCCN.NCCN.NCCN.NCCN.NCCN.NCCN.NCCN.NCCN.NCCN.O.O.O.O.O.O.O.O.O.O.O.O.O.O.O.O.O.O.[Cl-].[Cl-].[Cl-].[Cl-].[Cl-].[Cl-].[Co+3].[Co+3].[Co+3].[Co+3].[Ru+2].[Ru+2].[Ru+3].[Ru+3]. The third kappa shape index (κ3) is 255. The molecule has 0 aliphatic rings. The molecule has 0 amide bonds. The number of aliphatic hydroxyl groups is 4. The Labute approximate surface area is 849 Å². The minimum absolute atomic E-state index is 0. The maximum Gasteiger partial charge on any atom is 3.00 e. The molecule has 0 spiro atoms. The van der Waals surface area contributed by atoms with Crippen LogP contribution in [0.3, 0.4) is 0 Å². The molecule has 124 heavy (non-hydrogen) atoms. The van der Waals surface area contributed by atoms with Crippen LogP contribution in [0.4, 0.5) is 0 Å². The average Bonchev–Trinajstić information content (AvgIpc) is 3.45. The summed E-state index contributed by atoms with van der Waals surface area (Å²) in [6.45, 7) is 14.9. The molecule has 0 aliphatic carbocycles. The van der Waals surface area contributed by atoms with Gasteiger partial charge in [0.2, 0.25) is 0 Å². The molecule has 0 unspecified atom stereocenters. The Morgan fingerprint density at radius 2 is 0.194 bits per heavy atom. The van der Waals surface area contributed by atoms with E-state index in [1.807, 2.05) is 0 Å². The Balaban J connectivity index is -0.0000000108. The second-order valence-electron chi connectivity index (χ2n) is 14.8. The molecule has 0 aromatic heterocycles. The predicted molar refractivity (Wildman–Crippen MR) is 386 cm³/mol. The zero-order valence-electron chi connectivity index (χ0n) is 66.0. The maximum absolute atomic E-state index is 9.95. The van der Waals surface area contributed by atoms with Gasteiger partial charge in [0.15, 0.2) is 0 Å². The normalized spacial score (nSPS) is 8.26. The van der Waals surface area contributed by atoms with E-state index < -0.39 is 81.1 Å². The van der Waals surface area contributed by atoms with Crippen molar-refractivity contribution in [3.63, 3.8) is 0 Å². The summed E-state index contributed by atoms with van der Waals surface area (Å²) in [4.78, 5) is 159. The Hall–Kier alpha value is 5.62. The van der Waals surface area contributed by atoms with Crippen LogP contribution in [-0.2, 0) is 182 Å². The van der Waals surface area contributed by atoms with E-state index in [9.17, 15) is 115 Å². The van der Waals surface area contributed by atoms with Gasteiger partial charge in [0.25, 0.3) is 0 Å².